The molecule has 5 nitrogen and oxygen atoms in total. The lowest BCUT2D eigenvalue weighted by Gasteiger charge is -2.36. The Morgan fingerprint density at radius 3 is 3.06 bits per heavy atom. The summed E-state index contributed by atoms with van der Waals surface area (Å²) in [5, 5.41) is 11.8. The smallest absolute Gasteiger partial charge is 0.303 e. The van der Waals surface area contributed by atoms with Crippen molar-refractivity contribution in [2.24, 2.45) is 0 Å². The Morgan fingerprint density at radius 1 is 1.56 bits per heavy atom. The van der Waals surface area contributed by atoms with Crippen LogP contribution in [-0.4, -0.2) is 59.6 Å². The highest BCUT2D eigenvalue weighted by molar-refractivity contribution is 7.09. The maximum atomic E-state index is 10.5. The lowest BCUT2D eigenvalue weighted by molar-refractivity contribution is -0.136. The Balaban J connectivity index is 2.02. The van der Waals surface area contributed by atoms with E-state index in [1.165, 1.54) is 0 Å². The predicted octanol–water partition coefficient (Wildman–Crippen LogP) is 1.08. The van der Waals surface area contributed by atoms with Gasteiger partial charge in [0, 0.05) is 31.4 Å². The maximum Gasteiger partial charge on any atom is 0.303 e. The second kappa shape index (κ2) is 5.77. The van der Waals surface area contributed by atoms with Crippen LogP contribution in [0.3, 0.4) is 0 Å². The van der Waals surface area contributed by atoms with Gasteiger partial charge in [-0.3, -0.25) is 9.69 Å². The van der Waals surface area contributed by atoms with Crippen molar-refractivity contribution >= 4 is 17.3 Å². The summed E-state index contributed by atoms with van der Waals surface area (Å²) < 4.78 is 0. The second-order valence-corrected chi connectivity index (χ2v) is 5.72. The van der Waals surface area contributed by atoms with E-state index in [2.05, 4.69) is 28.9 Å². The third-order valence-corrected chi connectivity index (χ3v) is 4.30. The van der Waals surface area contributed by atoms with Crippen molar-refractivity contribution in [2.45, 2.75) is 18.9 Å². The Hall–Kier alpha value is -0.980. The molecule has 1 saturated heterocycles. The van der Waals surface area contributed by atoms with Crippen molar-refractivity contribution in [2.75, 3.05) is 33.7 Å². The minimum atomic E-state index is -0.765. The third kappa shape index (κ3) is 3.28. The SMILES string of the molecule is CN1CCN(C)C(c2nc(CCC(=O)O)cs2)C1. The van der Waals surface area contributed by atoms with Crippen LogP contribution in [0.1, 0.15) is 23.2 Å². The molecular weight excluding hydrogens is 250 g/mol. The first-order valence-corrected chi connectivity index (χ1v) is 6.99. The lowest BCUT2D eigenvalue weighted by Crippen LogP contribution is -2.44. The van der Waals surface area contributed by atoms with E-state index >= 15 is 0 Å². The fourth-order valence-electron chi connectivity index (χ4n) is 2.10. The molecule has 0 aliphatic carbocycles. The monoisotopic (exact) mass is 269 g/mol. The first-order chi connectivity index (χ1) is 8.56. The van der Waals surface area contributed by atoms with Crippen molar-refractivity contribution < 1.29 is 9.90 Å². The van der Waals surface area contributed by atoms with Crippen LogP contribution in [0.25, 0.3) is 0 Å². The van der Waals surface area contributed by atoms with E-state index < -0.39 is 5.97 Å². The predicted molar refractivity (Wildman–Crippen MR) is 70.9 cm³/mol. The van der Waals surface area contributed by atoms with E-state index in [0.29, 0.717) is 12.5 Å². The van der Waals surface area contributed by atoms with Crippen molar-refractivity contribution in [3.05, 3.63) is 16.1 Å². The van der Waals surface area contributed by atoms with Crippen LogP contribution in [-0.2, 0) is 11.2 Å². The number of carboxylic acid groups (broad SMARTS) is 1. The zero-order valence-corrected chi connectivity index (χ0v) is 11.6. The highest BCUT2D eigenvalue weighted by Gasteiger charge is 2.26. The van der Waals surface area contributed by atoms with Gasteiger partial charge in [0.1, 0.15) is 5.01 Å². The minimum absolute atomic E-state index is 0.156. The number of hydrogen-bond acceptors (Lipinski definition) is 5. The number of likely N-dealkylation sites (N-methyl/N-ethyl adjacent to an activating group) is 2. The number of nitrogens with zero attached hydrogens (tertiary/aromatic N) is 3. The molecule has 2 heterocycles. The minimum Gasteiger partial charge on any atom is -0.481 e. The Labute approximate surface area is 111 Å². The van der Waals surface area contributed by atoms with Gasteiger partial charge in [-0.25, -0.2) is 4.98 Å². The molecule has 0 aromatic carbocycles. The lowest BCUT2D eigenvalue weighted by atomic mass is 10.2. The maximum absolute atomic E-state index is 10.5. The average molecular weight is 269 g/mol. The molecule has 1 aliphatic heterocycles. The summed E-state index contributed by atoms with van der Waals surface area (Å²) in [6.45, 7) is 3.12. The number of aromatic nitrogens is 1. The number of hydrogen-bond donors (Lipinski definition) is 1. The second-order valence-electron chi connectivity index (χ2n) is 4.83. The van der Waals surface area contributed by atoms with E-state index in [0.717, 1.165) is 30.3 Å². The molecular formula is C12H19N3O2S. The standard InChI is InChI=1S/C12H19N3O2S/c1-14-5-6-15(2)10(7-14)12-13-9(8-18-12)3-4-11(16)17/h8,10H,3-7H2,1-2H3,(H,16,17). The topological polar surface area (TPSA) is 56.7 Å². The van der Waals surface area contributed by atoms with Gasteiger partial charge in [0.25, 0.3) is 0 Å². The summed E-state index contributed by atoms with van der Waals surface area (Å²) in [7, 11) is 4.24. The van der Waals surface area contributed by atoms with Gasteiger partial charge in [-0.1, -0.05) is 0 Å². The first-order valence-electron chi connectivity index (χ1n) is 6.11. The summed E-state index contributed by atoms with van der Waals surface area (Å²) >= 11 is 1.64. The zero-order valence-electron chi connectivity index (χ0n) is 10.8. The van der Waals surface area contributed by atoms with Gasteiger partial charge in [0.05, 0.1) is 18.2 Å². The summed E-state index contributed by atoms with van der Waals surface area (Å²) in [5.74, 6) is -0.765. The number of carbonyl (C=O) groups is 1. The van der Waals surface area contributed by atoms with Gasteiger partial charge in [0.2, 0.25) is 0 Å². The fraction of sp³-hybridized carbons (Fsp3) is 0.667. The Morgan fingerprint density at radius 2 is 2.33 bits per heavy atom. The van der Waals surface area contributed by atoms with Gasteiger partial charge < -0.3 is 10.0 Å². The zero-order chi connectivity index (χ0) is 13.1. The van der Waals surface area contributed by atoms with Crippen molar-refractivity contribution in [1.29, 1.82) is 0 Å². The molecule has 1 atom stereocenters. The van der Waals surface area contributed by atoms with Crippen LogP contribution in [0.2, 0.25) is 0 Å². The molecule has 0 saturated carbocycles. The van der Waals surface area contributed by atoms with Crippen LogP contribution in [0.5, 0.6) is 0 Å². The molecule has 0 radical (unpaired) electrons. The van der Waals surface area contributed by atoms with E-state index in [9.17, 15) is 4.79 Å². The van der Waals surface area contributed by atoms with E-state index in [-0.39, 0.29) is 6.42 Å². The molecule has 6 heteroatoms. The molecule has 0 amide bonds. The molecule has 0 bridgehead atoms. The van der Waals surface area contributed by atoms with Crippen LogP contribution >= 0.6 is 11.3 Å². The molecule has 0 spiro atoms. The number of aryl methyl sites for hydroxylation is 1. The number of piperazine rings is 1. The molecule has 1 aromatic rings. The number of carboxylic acids is 1. The molecule has 1 aromatic heterocycles. The molecule has 1 N–H and O–H groups in total. The largest absolute Gasteiger partial charge is 0.481 e. The molecule has 2 rings (SSSR count). The van der Waals surface area contributed by atoms with Crippen LogP contribution < -0.4 is 0 Å². The van der Waals surface area contributed by atoms with Crippen LogP contribution in [0.4, 0.5) is 0 Å². The van der Waals surface area contributed by atoms with Gasteiger partial charge in [-0.05, 0) is 14.1 Å². The van der Waals surface area contributed by atoms with E-state index in [4.69, 9.17) is 5.11 Å². The summed E-state index contributed by atoms with van der Waals surface area (Å²) in [4.78, 5) is 19.7. The van der Waals surface area contributed by atoms with Gasteiger partial charge >= 0.3 is 5.97 Å². The highest BCUT2D eigenvalue weighted by atomic mass is 32.1. The van der Waals surface area contributed by atoms with Crippen molar-refractivity contribution in [3.8, 4) is 0 Å². The third-order valence-electron chi connectivity index (χ3n) is 3.30. The van der Waals surface area contributed by atoms with E-state index in [1.54, 1.807) is 11.3 Å². The summed E-state index contributed by atoms with van der Waals surface area (Å²) in [5.41, 5.74) is 0.902. The van der Waals surface area contributed by atoms with Crippen molar-refractivity contribution in [1.82, 2.24) is 14.8 Å². The number of thiazole rings is 1. The Bertz CT molecular complexity index is 421. The van der Waals surface area contributed by atoms with E-state index in [1.807, 2.05) is 5.38 Å². The van der Waals surface area contributed by atoms with Gasteiger partial charge in [-0.15, -0.1) is 11.3 Å². The molecule has 100 valence electrons. The molecule has 1 aliphatic rings. The molecule has 18 heavy (non-hydrogen) atoms. The fourth-order valence-corrected chi connectivity index (χ4v) is 3.11. The highest BCUT2D eigenvalue weighted by Crippen LogP contribution is 2.26. The average Bonchev–Trinajstić information content (AvgIpc) is 2.78. The summed E-state index contributed by atoms with van der Waals surface area (Å²) in [6, 6.07) is 0.340. The Kier molecular flexibility index (Phi) is 4.31. The number of aliphatic carboxylic acids is 1. The van der Waals surface area contributed by atoms with Crippen LogP contribution in [0.15, 0.2) is 5.38 Å². The number of rotatable bonds is 4. The van der Waals surface area contributed by atoms with Crippen LogP contribution in [0, 0.1) is 0 Å². The normalized spacial score (nSPS) is 22.2. The first kappa shape index (κ1) is 13.5. The molecule has 1 unspecified atom stereocenters. The van der Waals surface area contributed by atoms with Gasteiger partial charge in [0.15, 0.2) is 0 Å². The van der Waals surface area contributed by atoms with Gasteiger partial charge in [-0.2, -0.15) is 0 Å². The quantitative estimate of drug-likeness (QED) is 0.886. The molecule has 1 fully saturated rings. The van der Waals surface area contributed by atoms with Crippen molar-refractivity contribution in [3.63, 3.8) is 0 Å². The summed E-state index contributed by atoms with van der Waals surface area (Å²) in [6.07, 6.45) is 0.682.